The number of aromatic nitrogens is 4. The average Bonchev–Trinajstić information content (AvgIpc) is 3.46. The SMILES string of the molecule is CN(C)CCCOc1cc2nc(-c3[nH]ncc3NC(=O)NC3CCCC3)[nH]c2cc1F. The summed E-state index contributed by atoms with van der Waals surface area (Å²) in [7, 11) is 3.96. The number of anilines is 1. The van der Waals surface area contributed by atoms with Crippen LogP contribution in [-0.2, 0) is 0 Å². The fourth-order valence-corrected chi connectivity index (χ4v) is 3.78. The molecule has 4 N–H and O–H groups in total. The number of ether oxygens (including phenoxy) is 1. The van der Waals surface area contributed by atoms with Crippen LogP contribution in [0.4, 0.5) is 14.9 Å². The lowest BCUT2D eigenvalue weighted by molar-refractivity contribution is 0.248. The summed E-state index contributed by atoms with van der Waals surface area (Å²) in [6, 6.07) is 2.88. The van der Waals surface area contributed by atoms with E-state index in [0.29, 0.717) is 34.8 Å². The summed E-state index contributed by atoms with van der Waals surface area (Å²) < 4.78 is 20.0. The lowest BCUT2D eigenvalue weighted by Crippen LogP contribution is -2.36. The van der Waals surface area contributed by atoms with Crippen molar-refractivity contribution in [3.63, 3.8) is 0 Å². The second-order valence-electron chi connectivity index (χ2n) is 8.13. The lowest BCUT2D eigenvalue weighted by Gasteiger charge is -2.12. The molecule has 1 fully saturated rings. The molecule has 4 rings (SSSR count). The minimum absolute atomic E-state index is 0.170. The van der Waals surface area contributed by atoms with E-state index in [0.717, 1.165) is 38.6 Å². The minimum Gasteiger partial charge on any atom is -0.490 e. The van der Waals surface area contributed by atoms with Gasteiger partial charge in [0.2, 0.25) is 0 Å². The Hall–Kier alpha value is -3.14. The van der Waals surface area contributed by atoms with Crippen LogP contribution in [0.15, 0.2) is 18.3 Å². The molecule has 1 saturated carbocycles. The first-order valence-electron chi connectivity index (χ1n) is 10.6. The first-order chi connectivity index (χ1) is 15.0. The molecule has 3 aromatic rings. The fourth-order valence-electron chi connectivity index (χ4n) is 3.78. The van der Waals surface area contributed by atoms with E-state index in [1.807, 2.05) is 19.0 Å². The Morgan fingerprint density at radius 3 is 2.90 bits per heavy atom. The van der Waals surface area contributed by atoms with Gasteiger partial charge in [0.1, 0.15) is 5.69 Å². The molecule has 1 aromatic carbocycles. The standard InChI is InChI=1S/C21H28FN7O2/c1-29(2)8-5-9-31-18-11-16-15(10-14(18)22)25-20(26-16)19-17(12-23-28-19)27-21(30)24-13-6-3-4-7-13/h10-13H,3-9H2,1-2H3,(H,23,28)(H,25,26)(H2,24,27,30). The van der Waals surface area contributed by atoms with E-state index in [-0.39, 0.29) is 17.8 Å². The van der Waals surface area contributed by atoms with Gasteiger partial charge in [0.05, 0.1) is 29.5 Å². The predicted molar refractivity (Wildman–Crippen MR) is 117 cm³/mol. The highest BCUT2D eigenvalue weighted by Crippen LogP contribution is 2.29. The zero-order valence-corrected chi connectivity index (χ0v) is 17.8. The maximum Gasteiger partial charge on any atom is 0.319 e. The number of carbonyl (C=O) groups is 1. The number of amides is 2. The molecule has 0 saturated heterocycles. The topological polar surface area (TPSA) is 111 Å². The zero-order chi connectivity index (χ0) is 21.8. The molecule has 31 heavy (non-hydrogen) atoms. The van der Waals surface area contributed by atoms with E-state index in [4.69, 9.17) is 4.74 Å². The molecule has 0 unspecified atom stereocenters. The van der Waals surface area contributed by atoms with Crippen molar-refractivity contribution in [3.8, 4) is 17.3 Å². The number of rotatable bonds is 8. The van der Waals surface area contributed by atoms with Crippen LogP contribution in [0.25, 0.3) is 22.6 Å². The van der Waals surface area contributed by atoms with Crippen molar-refractivity contribution in [2.45, 2.75) is 38.1 Å². The van der Waals surface area contributed by atoms with Crippen molar-refractivity contribution in [1.29, 1.82) is 0 Å². The monoisotopic (exact) mass is 429 g/mol. The molecule has 1 aliphatic rings. The average molecular weight is 430 g/mol. The van der Waals surface area contributed by atoms with E-state index < -0.39 is 5.82 Å². The van der Waals surface area contributed by atoms with Gasteiger partial charge in [-0.15, -0.1) is 0 Å². The highest BCUT2D eigenvalue weighted by molar-refractivity contribution is 5.93. The summed E-state index contributed by atoms with van der Waals surface area (Å²) in [4.78, 5) is 22.0. The van der Waals surface area contributed by atoms with Crippen LogP contribution >= 0.6 is 0 Å². The van der Waals surface area contributed by atoms with Gasteiger partial charge in [-0.3, -0.25) is 5.10 Å². The van der Waals surface area contributed by atoms with Crippen LogP contribution in [0, 0.1) is 5.82 Å². The summed E-state index contributed by atoms with van der Waals surface area (Å²) in [5, 5.41) is 12.7. The molecule has 0 spiro atoms. The van der Waals surface area contributed by atoms with Crippen LogP contribution in [0.3, 0.4) is 0 Å². The Labute approximate surface area is 179 Å². The highest BCUT2D eigenvalue weighted by Gasteiger charge is 2.20. The van der Waals surface area contributed by atoms with E-state index in [9.17, 15) is 9.18 Å². The van der Waals surface area contributed by atoms with Crippen molar-refractivity contribution >= 4 is 22.8 Å². The van der Waals surface area contributed by atoms with Gasteiger partial charge in [-0.25, -0.2) is 14.2 Å². The van der Waals surface area contributed by atoms with Crippen molar-refractivity contribution in [2.75, 3.05) is 32.6 Å². The maximum absolute atomic E-state index is 14.4. The molecule has 0 aliphatic heterocycles. The van der Waals surface area contributed by atoms with E-state index in [1.165, 1.54) is 12.3 Å². The normalized spacial score (nSPS) is 14.5. The first-order valence-corrected chi connectivity index (χ1v) is 10.6. The van der Waals surface area contributed by atoms with Crippen molar-refractivity contribution in [1.82, 2.24) is 30.4 Å². The molecule has 0 bridgehead atoms. The van der Waals surface area contributed by atoms with Crippen LogP contribution in [-0.4, -0.2) is 64.4 Å². The Kier molecular flexibility index (Phi) is 6.36. The van der Waals surface area contributed by atoms with Crippen molar-refractivity contribution in [3.05, 3.63) is 24.1 Å². The highest BCUT2D eigenvalue weighted by atomic mass is 19.1. The first kappa shape index (κ1) is 21.1. The lowest BCUT2D eigenvalue weighted by atomic mass is 10.2. The molecule has 2 aromatic heterocycles. The number of fused-ring (bicyclic) bond motifs is 1. The van der Waals surface area contributed by atoms with Crippen LogP contribution in [0.1, 0.15) is 32.1 Å². The maximum atomic E-state index is 14.4. The van der Waals surface area contributed by atoms with Crippen LogP contribution in [0.5, 0.6) is 5.75 Å². The number of nitrogens with one attached hydrogen (secondary N) is 4. The van der Waals surface area contributed by atoms with Gasteiger partial charge < -0.3 is 25.3 Å². The number of aromatic amines is 2. The van der Waals surface area contributed by atoms with Crippen molar-refractivity contribution in [2.24, 2.45) is 0 Å². The molecule has 9 nitrogen and oxygen atoms in total. The van der Waals surface area contributed by atoms with E-state index >= 15 is 0 Å². The largest absolute Gasteiger partial charge is 0.490 e. The minimum atomic E-state index is -0.452. The van der Waals surface area contributed by atoms with Gasteiger partial charge in [-0.05, 0) is 33.4 Å². The smallest absolute Gasteiger partial charge is 0.319 e. The number of hydrogen-bond donors (Lipinski definition) is 4. The summed E-state index contributed by atoms with van der Waals surface area (Å²) in [5.74, 6) is 0.169. The Morgan fingerprint density at radius 1 is 1.32 bits per heavy atom. The number of imidazole rings is 1. The van der Waals surface area contributed by atoms with Crippen LogP contribution in [0.2, 0.25) is 0 Å². The van der Waals surface area contributed by atoms with Gasteiger partial charge >= 0.3 is 6.03 Å². The fraction of sp³-hybridized carbons (Fsp3) is 0.476. The molecule has 1 aliphatic carbocycles. The number of H-pyrrole nitrogens is 2. The summed E-state index contributed by atoms with van der Waals surface area (Å²) in [5.41, 5.74) is 2.11. The second-order valence-corrected chi connectivity index (χ2v) is 8.13. The third kappa shape index (κ3) is 5.13. The van der Waals surface area contributed by atoms with Gasteiger partial charge in [0.15, 0.2) is 17.4 Å². The molecule has 2 amide bonds. The van der Waals surface area contributed by atoms with Crippen LogP contribution < -0.4 is 15.4 Å². The van der Waals surface area contributed by atoms with E-state index in [1.54, 1.807) is 6.07 Å². The molecular weight excluding hydrogens is 401 g/mol. The predicted octanol–water partition coefficient (Wildman–Crippen LogP) is 3.49. The number of nitrogens with zero attached hydrogens (tertiary/aromatic N) is 3. The van der Waals surface area contributed by atoms with Crippen molar-refractivity contribution < 1.29 is 13.9 Å². The number of urea groups is 1. The summed E-state index contributed by atoms with van der Waals surface area (Å²) in [6.07, 6.45) is 6.59. The summed E-state index contributed by atoms with van der Waals surface area (Å²) >= 11 is 0. The van der Waals surface area contributed by atoms with E-state index in [2.05, 4.69) is 30.8 Å². The second kappa shape index (κ2) is 9.34. The van der Waals surface area contributed by atoms with Gasteiger partial charge in [-0.1, -0.05) is 12.8 Å². The number of halogens is 1. The Bertz CT molecular complexity index is 1040. The number of hydrogen-bond acceptors (Lipinski definition) is 5. The number of benzene rings is 1. The number of carbonyl (C=O) groups excluding carboxylic acids is 1. The Morgan fingerprint density at radius 2 is 2.13 bits per heavy atom. The molecule has 10 heteroatoms. The molecule has 0 atom stereocenters. The third-order valence-corrected chi connectivity index (χ3v) is 5.36. The van der Waals surface area contributed by atoms with Gasteiger partial charge in [0.25, 0.3) is 0 Å². The molecule has 2 heterocycles. The quantitative estimate of drug-likeness (QED) is 0.410. The Balaban J connectivity index is 1.47. The van der Waals surface area contributed by atoms with Gasteiger partial charge in [-0.2, -0.15) is 5.10 Å². The third-order valence-electron chi connectivity index (χ3n) is 5.36. The zero-order valence-electron chi connectivity index (χ0n) is 17.8. The van der Waals surface area contributed by atoms with Gasteiger partial charge in [0, 0.05) is 24.7 Å². The summed E-state index contributed by atoms with van der Waals surface area (Å²) in [6.45, 7) is 1.28. The molecule has 166 valence electrons. The molecular formula is C21H28FN7O2. The molecule has 0 radical (unpaired) electrons.